The van der Waals surface area contributed by atoms with Gasteiger partial charge in [-0.2, -0.15) is 5.10 Å². The fourth-order valence-corrected chi connectivity index (χ4v) is 2.71. The van der Waals surface area contributed by atoms with Gasteiger partial charge >= 0.3 is 8.80 Å². The number of hydrogen-bond donors (Lipinski definition) is 1. The summed E-state index contributed by atoms with van der Waals surface area (Å²) < 4.78 is 7.75. The molecule has 0 aliphatic carbocycles. The van der Waals surface area contributed by atoms with Crippen LogP contribution in [0.15, 0.2) is 31.0 Å². The summed E-state index contributed by atoms with van der Waals surface area (Å²) in [5.41, 5.74) is 2.74. The molecule has 3 aromatic rings. The molecule has 0 fully saturated rings. The Kier molecular flexibility index (Phi) is 4.12. The van der Waals surface area contributed by atoms with Gasteiger partial charge in [0.2, 0.25) is 0 Å². The first kappa shape index (κ1) is 14.0. The number of hydrogen-bond acceptors (Lipinski definition) is 4. The van der Waals surface area contributed by atoms with E-state index >= 15 is 0 Å². The summed E-state index contributed by atoms with van der Waals surface area (Å²) in [7, 11) is -0.224. The molecule has 7 heteroatoms. The van der Waals surface area contributed by atoms with Gasteiger partial charge in [-0.15, -0.1) is 0 Å². The Morgan fingerprint density at radius 3 is 3.00 bits per heavy atom. The van der Waals surface area contributed by atoms with E-state index in [1.54, 1.807) is 12.5 Å². The van der Waals surface area contributed by atoms with Crippen LogP contribution in [0.3, 0.4) is 0 Å². The highest BCUT2D eigenvalue weighted by Gasteiger charge is 2.12. The molecule has 0 unspecified atom stereocenters. The number of aromatic amines is 1. The molecule has 0 aromatic carbocycles. The first-order chi connectivity index (χ1) is 10.3. The van der Waals surface area contributed by atoms with Crippen LogP contribution in [0.4, 0.5) is 0 Å². The van der Waals surface area contributed by atoms with Gasteiger partial charge in [0.25, 0.3) is 0 Å². The van der Waals surface area contributed by atoms with Gasteiger partial charge in [0, 0.05) is 23.3 Å². The summed E-state index contributed by atoms with van der Waals surface area (Å²) in [5, 5.41) is 7.80. The first-order valence-electron chi connectivity index (χ1n) is 6.91. The van der Waals surface area contributed by atoms with E-state index in [2.05, 4.69) is 33.3 Å². The highest BCUT2D eigenvalue weighted by molar-refractivity contribution is 6.55. The predicted octanol–water partition coefficient (Wildman–Crippen LogP) is 2.55. The largest absolute Gasteiger partial charge is 0.358 e. The zero-order chi connectivity index (χ0) is 14.7. The van der Waals surface area contributed by atoms with E-state index in [4.69, 9.17) is 4.74 Å². The molecule has 3 heterocycles. The van der Waals surface area contributed by atoms with Crippen LogP contribution < -0.4 is 0 Å². The van der Waals surface area contributed by atoms with Crippen molar-refractivity contribution >= 4 is 19.8 Å². The van der Waals surface area contributed by atoms with Gasteiger partial charge in [-0.3, -0.25) is 5.10 Å². The second kappa shape index (κ2) is 6.19. The standard InChI is InChI=1S/C14H18N5OSi/c1-21(2)6-5-20-10-19-4-3-12-13(11-7-17-18-8-11)15-9-16-14(12)19/h3-4,7-9H,5-6,10H2,1-2H3,(H,17,18)/q+1. The number of fused-ring (bicyclic) bond motifs is 1. The van der Waals surface area contributed by atoms with E-state index in [0.717, 1.165) is 28.9 Å². The lowest BCUT2D eigenvalue weighted by molar-refractivity contribution is 0.0902. The van der Waals surface area contributed by atoms with Gasteiger partial charge in [-0.25, -0.2) is 9.97 Å². The smallest absolute Gasteiger partial charge is 0.310 e. The van der Waals surface area contributed by atoms with Crippen molar-refractivity contribution < 1.29 is 4.74 Å². The zero-order valence-corrected chi connectivity index (χ0v) is 13.2. The Balaban J connectivity index is 1.81. The molecule has 0 amide bonds. The quantitative estimate of drug-likeness (QED) is 0.561. The highest BCUT2D eigenvalue weighted by Crippen LogP contribution is 2.24. The zero-order valence-electron chi connectivity index (χ0n) is 12.2. The maximum atomic E-state index is 5.74. The van der Waals surface area contributed by atoms with E-state index in [1.165, 1.54) is 6.04 Å². The van der Waals surface area contributed by atoms with Crippen molar-refractivity contribution in [2.45, 2.75) is 25.9 Å². The summed E-state index contributed by atoms with van der Waals surface area (Å²) in [5.74, 6) is 0. The van der Waals surface area contributed by atoms with Gasteiger partial charge in [0.15, 0.2) is 0 Å². The van der Waals surface area contributed by atoms with Crippen LogP contribution in [0.5, 0.6) is 0 Å². The number of rotatable bonds is 6. The third-order valence-electron chi connectivity index (χ3n) is 3.30. The van der Waals surface area contributed by atoms with Crippen LogP contribution >= 0.6 is 0 Å². The molecule has 0 aliphatic rings. The maximum absolute atomic E-state index is 5.74. The van der Waals surface area contributed by atoms with E-state index < -0.39 is 0 Å². The van der Waals surface area contributed by atoms with Crippen molar-refractivity contribution in [2.75, 3.05) is 6.61 Å². The molecule has 0 saturated heterocycles. The lowest BCUT2D eigenvalue weighted by atomic mass is 10.2. The summed E-state index contributed by atoms with van der Waals surface area (Å²) in [6.45, 7) is 5.92. The molecule has 108 valence electrons. The molecule has 1 N–H and O–H groups in total. The lowest BCUT2D eigenvalue weighted by Crippen LogP contribution is -2.08. The Labute approximate surface area is 124 Å². The maximum Gasteiger partial charge on any atom is 0.310 e. The molecule has 0 atom stereocenters. The minimum atomic E-state index is -0.224. The topological polar surface area (TPSA) is 68.6 Å². The summed E-state index contributed by atoms with van der Waals surface area (Å²) in [6, 6.07) is 3.19. The molecular weight excluding hydrogens is 282 g/mol. The molecule has 0 bridgehead atoms. The van der Waals surface area contributed by atoms with Gasteiger partial charge < -0.3 is 9.30 Å². The highest BCUT2D eigenvalue weighted by atomic mass is 28.3. The average Bonchev–Trinajstić information content (AvgIpc) is 3.13. The SMILES string of the molecule is C[Si+](C)CCOCn1ccc2c(-c3cn[nH]c3)ncnc21. The Hall–Kier alpha value is -1.99. The average molecular weight is 300 g/mol. The minimum Gasteiger partial charge on any atom is -0.358 e. The molecule has 0 saturated carbocycles. The number of nitrogens with one attached hydrogen (secondary N) is 1. The Morgan fingerprint density at radius 2 is 2.24 bits per heavy atom. The number of ether oxygens (including phenoxy) is 1. The predicted molar refractivity (Wildman–Crippen MR) is 83.4 cm³/mol. The normalized spacial score (nSPS) is 11.1. The Morgan fingerprint density at radius 1 is 1.33 bits per heavy atom. The van der Waals surface area contributed by atoms with Gasteiger partial charge in [-0.1, -0.05) is 0 Å². The second-order valence-electron chi connectivity index (χ2n) is 5.23. The van der Waals surface area contributed by atoms with Crippen LogP contribution in [-0.4, -0.2) is 40.1 Å². The van der Waals surface area contributed by atoms with Crippen molar-refractivity contribution in [1.82, 2.24) is 24.7 Å². The van der Waals surface area contributed by atoms with Crippen LogP contribution in [0.1, 0.15) is 0 Å². The third-order valence-corrected chi connectivity index (χ3v) is 4.51. The molecule has 3 aromatic heterocycles. The van der Waals surface area contributed by atoms with Crippen molar-refractivity contribution in [3.63, 3.8) is 0 Å². The van der Waals surface area contributed by atoms with Crippen LogP contribution in [0.2, 0.25) is 19.1 Å². The second-order valence-corrected chi connectivity index (χ2v) is 8.14. The van der Waals surface area contributed by atoms with Crippen LogP contribution in [0, 0.1) is 0 Å². The minimum absolute atomic E-state index is 0.224. The Bertz CT molecular complexity index is 707. The molecular formula is C14H18N5OSi+. The number of H-pyrrole nitrogens is 1. The number of nitrogens with zero attached hydrogens (tertiary/aromatic N) is 4. The molecule has 0 spiro atoms. The van der Waals surface area contributed by atoms with E-state index in [0.29, 0.717) is 6.73 Å². The molecule has 3 rings (SSSR count). The van der Waals surface area contributed by atoms with Crippen LogP contribution in [0.25, 0.3) is 22.3 Å². The van der Waals surface area contributed by atoms with Crippen molar-refractivity contribution in [3.05, 3.63) is 31.0 Å². The van der Waals surface area contributed by atoms with E-state index in [1.807, 2.05) is 23.0 Å². The first-order valence-corrected chi connectivity index (χ1v) is 9.62. The van der Waals surface area contributed by atoms with E-state index in [-0.39, 0.29) is 8.80 Å². The molecule has 21 heavy (non-hydrogen) atoms. The third kappa shape index (κ3) is 3.03. The summed E-state index contributed by atoms with van der Waals surface area (Å²) in [6.07, 6.45) is 7.18. The van der Waals surface area contributed by atoms with E-state index in [9.17, 15) is 0 Å². The van der Waals surface area contributed by atoms with Gasteiger partial charge in [0.05, 0.1) is 37.6 Å². The fraction of sp³-hybridized carbons (Fsp3) is 0.357. The van der Waals surface area contributed by atoms with Gasteiger partial charge in [-0.05, 0) is 6.07 Å². The van der Waals surface area contributed by atoms with Crippen LogP contribution in [-0.2, 0) is 11.5 Å². The summed E-state index contributed by atoms with van der Waals surface area (Å²) in [4.78, 5) is 8.73. The molecule has 0 aliphatic heterocycles. The molecule has 0 radical (unpaired) electrons. The number of aromatic nitrogens is 5. The van der Waals surface area contributed by atoms with Crippen molar-refractivity contribution in [3.8, 4) is 11.3 Å². The fourth-order valence-electron chi connectivity index (χ4n) is 2.16. The summed E-state index contributed by atoms with van der Waals surface area (Å²) >= 11 is 0. The monoisotopic (exact) mass is 300 g/mol. The lowest BCUT2D eigenvalue weighted by Gasteiger charge is -2.05. The van der Waals surface area contributed by atoms with Crippen molar-refractivity contribution in [1.29, 1.82) is 0 Å². The van der Waals surface area contributed by atoms with Gasteiger partial charge in [0.1, 0.15) is 18.7 Å². The van der Waals surface area contributed by atoms with Crippen molar-refractivity contribution in [2.24, 2.45) is 0 Å². The molecule has 6 nitrogen and oxygen atoms in total.